The Morgan fingerprint density at radius 1 is 1.20 bits per heavy atom. The standard InChI is InChI=1S/C20H16BrN3O/c1-2-11-23-18-6-4-3-5-17(18)22-20(23)14-12-19(25)24(13-14)16-9-7-15(21)8-10-16/h1,3-10,14H,11-13H2. The highest BCUT2D eigenvalue weighted by molar-refractivity contribution is 9.10. The van der Waals surface area contributed by atoms with E-state index < -0.39 is 0 Å². The van der Waals surface area contributed by atoms with E-state index >= 15 is 0 Å². The highest BCUT2D eigenvalue weighted by atomic mass is 79.9. The molecule has 1 fully saturated rings. The first-order valence-corrected chi connectivity index (χ1v) is 8.91. The van der Waals surface area contributed by atoms with Crippen LogP contribution in [-0.2, 0) is 11.3 Å². The number of halogens is 1. The molecule has 124 valence electrons. The maximum atomic E-state index is 12.6. The number of fused-ring (bicyclic) bond motifs is 1. The van der Waals surface area contributed by atoms with Gasteiger partial charge in [-0.15, -0.1) is 6.42 Å². The molecule has 4 nitrogen and oxygen atoms in total. The van der Waals surface area contributed by atoms with Gasteiger partial charge >= 0.3 is 0 Å². The average Bonchev–Trinajstić information content (AvgIpc) is 3.17. The van der Waals surface area contributed by atoms with Gasteiger partial charge in [0, 0.05) is 29.0 Å². The average molecular weight is 394 g/mol. The fraction of sp³-hybridized carbons (Fsp3) is 0.200. The molecule has 2 aromatic carbocycles. The van der Waals surface area contributed by atoms with Crippen LogP contribution in [0.1, 0.15) is 18.2 Å². The molecule has 3 aromatic rings. The normalized spacial score (nSPS) is 17.2. The van der Waals surface area contributed by atoms with Crippen LogP contribution in [0.15, 0.2) is 53.0 Å². The molecule has 0 radical (unpaired) electrons. The summed E-state index contributed by atoms with van der Waals surface area (Å²) >= 11 is 3.43. The number of hydrogen-bond acceptors (Lipinski definition) is 2. The number of carbonyl (C=O) groups excluding carboxylic acids is 1. The van der Waals surface area contributed by atoms with Crippen molar-refractivity contribution in [2.24, 2.45) is 0 Å². The summed E-state index contributed by atoms with van der Waals surface area (Å²) in [5, 5.41) is 0. The van der Waals surface area contributed by atoms with Gasteiger partial charge in [0.2, 0.25) is 5.91 Å². The minimum absolute atomic E-state index is 0.0388. The molecule has 0 aliphatic carbocycles. The van der Waals surface area contributed by atoms with Gasteiger partial charge in [-0.1, -0.05) is 34.0 Å². The molecule has 1 unspecified atom stereocenters. The third-order valence-corrected chi connectivity index (χ3v) is 5.09. The van der Waals surface area contributed by atoms with E-state index in [-0.39, 0.29) is 11.8 Å². The van der Waals surface area contributed by atoms with Crippen molar-refractivity contribution in [2.45, 2.75) is 18.9 Å². The lowest BCUT2D eigenvalue weighted by Crippen LogP contribution is -2.24. The second kappa shape index (κ2) is 6.38. The Hall–Kier alpha value is -2.58. The van der Waals surface area contributed by atoms with Gasteiger partial charge in [-0.05, 0) is 36.4 Å². The quantitative estimate of drug-likeness (QED) is 0.631. The van der Waals surface area contributed by atoms with E-state index in [9.17, 15) is 4.79 Å². The van der Waals surface area contributed by atoms with Crippen LogP contribution in [0.25, 0.3) is 11.0 Å². The molecule has 0 saturated carbocycles. The van der Waals surface area contributed by atoms with Crippen molar-refractivity contribution >= 4 is 38.6 Å². The number of terminal acetylenes is 1. The monoisotopic (exact) mass is 393 g/mol. The smallest absolute Gasteiger partial charge is 0.227 e. The molecular formula is C20H16BrN3O. The van der Waals surface area contributed by atoms with Crippen molar-refractivity contribution in [1.82, 2.24) is 9.55 Å². The summed E-state index contributed by atoms with van der Waals surface area (Å²) in [7, 11) is 0. The first-order chi connectivity index (χ1) is 12.2. The van der Waals surface area contributed by atoms with Crippen LogP contribution in [0.2, 0.25) is 0 Å². The number of nitrogens with zero attached hydrogens (tertiary/aromatic N) is 3. The molecule has 2 heterocycles. The summed E-state index contributed by atoms with van der Waals surface area (Å²) in [6.45, 7) is 1.08. The fourth-order valence-electron chi connectivity index (χ4n) is 3.41. The van der Waals surface area contributed by atoms with Gasteiger partial charge in [-0.2, -0.15) is 0 Å². The maximum absolute atomic E-state index is 12.6. The second-order valence-electron chi connectivity index (χ2n) is 6.13. The van der Waals surface area contributed by atoms with E-state index in [0.717, 1.165) is 27.0 Å². The van der Waals surface area contributed by atoms with Crippen LogP contribution in [0.5, 0.6) is 0 Å². The molecule has 1 amide bonds. The molecule has 1 aromatic heterocycles. The van der Waals surface area contributed by atoms with Crippen LogP contribution >= 0.6 is 15.9 Å². The Balaban J connectivity index is 1.70. The molecule has 1 saturated heterocycles. The van der Waals surface area contributed by atoms with Gasteiger partial charge < -0.3 is 9.47 Å². The highest BCUT2D eigenvalue weighted by Crippen LogP contribution is 2.33. The van der Waals surface area contributed by atoms with E-state index in [1.165, 1.54) is 0 Å². The number of para-hydroxylation sites is 2. The number of aromatic nitrogens is 2. The summed E-state index contributed by atoms with van der Waals surface area (Å²) in [5.74, 6) is 3.76. The summed E-state index contributed by atoms with van der Waals surface area (Å²) in [5.41, 5.74) is 2.85. The van der Waals surface area contributed by atoms with Crippen LogP contribution < -0.4 is 4.90 Å². The zero-order chi connectivity index (χ0) is 17.4. The Morgan fingerprint density at radius 2 is 1.96 bits per heavy atom. The predicted molar refractivity (Wildman–Crippen MR) is 102 cm³/mol. The van der Waals surface area contributed by atoms with E-state index in [1.807, 2.05) is 53.4 Å². The summed E-state index contributed by atoms with van der Waals surface area (Å²) in [6.07, 6.45) is 6.01. The molecular weight excluding hydrogens is 378 g/mol. The number of hydrogen-bond donors (Lipinski definition) is 0. The largest absolute Gasteiger partial charge is 0.316 e. The van der Waals surface area contributed by atoms with Crippen LogP contribution in [0.3, 0.4) is 0 Å². The number of benzene rings is 2. The molecule has 0 N–H and O–H groups in total. The van der Waals surface area contributed by atoms with E-state index in [1.54, 1.807) is 0 Å². The fourth-order valence-corrected chi connectivity index (χ4v) is 3.68. The van der Waals surface area contributed by atoms with Crippen molar-refractivity contribution in [2.75, 3.05) is 11.4 Å². The van der Waals surface area contributed by atoms with E-state index in [0.29, 0.717) is 19.5 Å². The first-order valence-electron chi connectivity index (χ1n) is 8.12. The third-order valence-electron chi connectivity index (χ3n) is 4.56. The SMILES string of the molecule is C#CCn1c(C2CC(=O)N(c3ccc(Br)cc3)C2)nc2ccccc21. The minimum Gasteiger partial charge on any atom is -0.316 e. The topological polar surface area (TPSA) is 38.1 Å². The number of carbonyl (C=O) groups is 1. The van der Waals surface area contributed by atoms with Crippen molar-refractivity contribution in [3.63, 3.8) is 0 Å². The van der Waals surface area contributed by atoms with Crippen LogP contribution in [0, 0.1) is 12.3 Å². The number of amides is 1. The summed E-state index contributed by atoms with van der Waals surface area (Å²) < 4.78 is 3.05. The maximum Gasteiger partial charge on any atom is 0.227 e. The van der Waals surface area contributed by atoms with Gasteiger partial charge in [0.05, 0.1) is 17.6 Å². The molecule has 1 atom stereocenters. The number of imidazole rings is 1. The van der Waals surface area contributed by atoms with Gasteiger partial charge in [-0.25, -0.2) is 4.98 Å². The van der Waals surface area contributed by atoms with E-state index in [4.69, 9.17) is 11.4 Å². The third kappa shape index (κ3) is 2.83. The van der Waals surface area contributed by atoms with Crippen LogP contribution in [0.4, 0.5) is 5.69 Å². The Bertz CT molecular complexity index is 984. The number of rotatable bonds is 3. The Morgan fingerprint density at radius 3 is 2.72 bits per heavy atom. The summed E-state index contributed by atoms with van der Waals surface area (Å²) in [4.78, 5) is 19.2. The predicted octanol–water partition coefficient (Wildman–Crippen LogP) is 3.95. The highest BCUT2D eigenvalue weighted by Gasteiger charge is 2.34. The van der Waals surface area contributed by atoms with Gasteiger partial charge in [-0.3, -0.25) is 4.79 Å². The molecule has 5 heteroatoms. The van der Waals surface area contributed by atoms with Crippen molar-refractivity contribution in [3.8, 4) is 12.3 Å². The molecule has 1 aliphatic heterocycles. The minimum atomic E-state index is 0.0388. The Labute approximate surface area is 154 Å². The van der Waals surface area contributed by atoms with Crippen molar-refractivity contribution in [3.05, 3.63) is 58.8 Å². The molecule has 0 spiro atoms. The van der Waals surface area contributed by atoms with Gasteiger partial charge in [0.1, 0.15) is 5.82 Å². The van der Waals surface area contributed by atoms with Crippen molar-refractivity contribution in [1.29, 1.82) is 0 Å². The lowest BCUT2D eigenvalue weighted by atomic mass is 10.1. The van der Waals surface area contributed by atoms with Gasteiger partial charge in [0.15, 0.2) is 0 Å². The van der Waals surface area contributed by atoms with Crippen LogP contribution in [-0.4, -0.2) is 22.0 Å². The van der Waals surface area contributed by atoms with Gasteiger partial charge in [0.25, 0.3) is 0 Å². The zero-order valence-corrected chi connectivity index (χ0v) is 15.1. The molecule has 1 aliphatic rings. The first kappa shape index (κ1) is 15.9. The second-order valence-corrected chi connectivity index (χ2v) is 7.05. The van der Waals surface area contributed by atoms with Crippen molar-refractivity contribution < 1.29 is 4.79 Å². The zero-order valence-electron chi connectivity index (χ0n) is 13.5. The lowest BCUT2D eigenvalue weighted by molar-refractivity contribution is -0.117. The molecule has 4 rings (SSSR count). The lowest BCUT2D eigenvalue weighted by Gasteiger charge is -2.17. The molecule has 25 heavy (non-hydrogen) atoms. The Kier molecular flexibility index (Phi) is 4.06. The molecule has 0 bridgehead atoms. The number of anilines is 1. The summed E-state index contributed by atoms with van der Waals surface area (Å²) in [6, 6.07) is 15.8. The van der Waals surface area contributed by atoms with E-state index in [2.05, 4.69) is 26.4 Å².